The van der Waals surface area contributed by atoms with Crippen molar-refractivity contribution in [3.8, 4) is 5.75 Å². The number of amides is 2. The van der Waals surface area contributed by atoms with E-state index in [0.717, 1.165) is 0 Å². The van der Waals surface area contributed by atoms with Gasteiger partial charge in [-0.1, -0.05) is 6.07 Å². The molecule has 0 bridgehead atoms. The van der Waals surface area contributed by atoms with E-state index in [-0.39, 0.29) is 6.03 Å². The fourth-order valence-corrected chi connectivity index (χ4v) is 2.22. The molecule has 8 nitrogen and oxygen atoms in total. The molecule has 3 N–H and O–H groups in total. The molecule has 0 aliphatic heterocycles. The third kappa shape index (κ3) is 5.56. The number of benzene rings is 1. The molecule has 0 fully saturated rings. The Hall–Kier alpha value is -2.58. The van der Waals surface area contributed by atoms with Crippen molar-refractivity contribution in [2.24, 2.45) is 0 Å². The first-order chi connectivity index (χ1) is 11.5. The monoisotopic (exact) mass is 333 g/mol. The Morgan fingerprint density at radius 1 is 1.38 bits per heavy atom. The minimum absolute atomic E-state index is 0.358. The highest BCUT2D eigenvalue weighted by Crippen LogP contribution is 2.17. The SMILES string of the molecule is COc1cccc(NC(=O)Nc2cnn(C[C@@H](O)CN(C)C)c2)c1. The highest BCUT2D eigenvalue weighted by Gasteiger charge is 2.09. The van der Waals surface area contributed by atoms with Crippen LogP contribution < -0.4 is 15.4 Å². The lowest BCUT2D eigenvalue weighted by atomic mass is 10.3. The van der Waals surface area contributed by atoms with Crippen molar-refractivity contribution in [2.45, 2.75) is 12.6 Å². The van der Waals surface area contributed by atoms with Crippen molar-refractivity contribution < 1.29 is 14.6 Å². The number of aliphatic hydroxyl groups excluding tert-OH is 1. The van der Waals surface area contributed by atoms with Crippen molar-refractivity contribution in [1.82, 2.24) is 14.7 Å². The summed E-state index contributed by atoms with van der Waals surface area (Å²) in [6, 6.07) is 6.70. The van der Waals surface area contributed by atoms with Crippen molar-refractivity contribution in [1.29, 1.82) is 0 Å². The molecule has 0 aliphatic carbocycles. The van der Waals surface area contributed by atoms with Gasteiger partial charge in [0.25, 0.3) is 0 Å². The van der Waals surface area contributed by atoms with Gasteiger partial charge in [-0.2, -0.15) is 5.10 Å². The quantitative estimate of drug-likeness (QED) is 0.713. The van der Waals surface area contributed by atoms with Gasteiger partial charge in [-0.15, -0.1) is 0 Å². The van der Waals surface area contributed by atoms with E-state index in [1.807, 2.05) is 19.0 Å². The molecule has 1 heterocycles. The number of nitrogens with one attached hydrogen (secondary N) is 2. The highest BCUT2D eigenvalue weighted by atomic mass is 16.5. The second-order valence-corrected chi connectivity index (χ2v) is 5.68. The van der Waals surface area contributed by atoms with Crippen LogP contribution in [0.4, 0.5) is 16.2 Å². The molecule has 0 radical (unpaired) electrons. The van der Waals surface area contributed by atoms with Gasteiger partial charge in [0.15, 0.2) is 0 Å². The minimum Gasteiger partial charge on any atom is -0.497 e. The zero-order valence-corrected chi connectivity index (χ0v) is 14.1. The van der Waals surface area contributed by atoms with Crippen LogP contribution in [0.15, 0.2) is 36.7 Å². The number of hydrogen-bond acceptors (Lipinski definition) is 5. The molecule has 8 heteroatoms. The van der Waals surface area contributed by atoms with Gasteiger partial charge < -0.3 is 25.4 Å². The predicted octanol–water partition coefficient (Wildman–Crippen LogP) is 1.46. The summed E-state index contributed by atoms with van der Waals surface area (Å²) in [6.45, 7) is 0.899. The summed E-state index contributed by atoms with van der Waals surface area (Å²) in [7, 11) is 5.35. The van der Waals surface area contributed by atoms with Crippen molar-refractivity contribution in [3.63, 3.8) is 0 Å². The summed E-state index contributed by atoms with van der Waals surface area (Å²) < 4.78 is 6.70. The molecular weight excluding hydrogens is 310 g/mol. The van der Waals surface area contributed by atoms with E-state index in [9.17, 15) is 9.90 Å². The average Bonchev–Trinajstić information content (AvgIpc) is 2.93. The Labute approximate surface area is 141 Å². The molecule has 2 aromatic rings. The predicted molar refractivity (Wildman–Crippen MR) is 92.4 cm³/mol. The third-order valence-corrected chi connectivity index (χ3v) is 3.19. The van der Waals surface area contributed by atoms with E-state index < -0.39 is 6.10 Å². The van der Waals surface area contributed by atoms with Crippen LogP contribution in [0, 0.1) is 0 Å². The van der Waals surface area contributed by atoms with Gasteiger partial charge in [0.1, 0.15) is 5.75 Å². The standard InChI is InChI=1S/C16H23N5O3/c1-20(2)10-14(22)11-21-9-13(8-17-21)19-16(23)18-12-5-4-6-15(7-12)24-3/h4-9,14,22H,10-11H2,1-3H3,(H2,18,19,23)/t14-/m0/s1. The number of methoxy groups -OCH3 is 1. The second kappa shape index (κ2) is 8.32. The molecule has 2 amide bonds. The maximum absolute atomic E-state index is 12.0. The van der Waals surface area contributed by atoms with E-state index in [1.165, 1.54) is 6.20 Å². The van der Waals surface area contributed by atoms with Crippen LogP contribution in [-0.2, 0) is 6.54 Å². The van der Waals surface area contributed by atoms with Crippen molar-refractivity contribution >= 4 is 17.4 Å². The number of aromatic nitrogens is 2. The molecular formula is C16H23N5O3. The third-order valence-electron chi connectivity index (χ3n) is 3.19. The summed E-state index contributed by atoms with van der Waals surface area (Å²) in [5.74, 6) is 0.662. The van der Waals surface area contributed by atoms with Gasteiger partial charge in [-0.25, -0.2) is 4.79 Å². The number of carbonyl (C=O) groups excluding carboxylic acids is 1. The van der Waals surface area contributed by atoms with Crippen LogP contribution in [0.25, 0.3) is 0 Å². The Balaban J connectivity index is 1.88. The van der Waals surface area contributed by atoms with Gasteiger partial charge >= 0.3 is 6.03 Å². The van der Waals surface area contributed by atoms with E-state index in [2.05, 4.69) is 15.7 Å². The van der Waals surface area contributed by atoms with Crippen LogP contribution >= 0.6 is 0 Å². The molecule has 130 valence electrons. The number of nitrogens with zero attached hydrogens (tertiary/aromatic N) is 3. The van der Waals surface area contributed by atoms with Crippen molar-refractivity contribution in [3.05, 3.63) is 36.7 Å². The maximum atomic E-state index is 12.0. The van der Waals surface area contributed by atoms with E-state index in [4.69, 9.17) is 4.74 Å². The summed E-state index contributed by atoms with van der Waals surface area (Å²) >= 11 is 0. The van der Waals surface area contributed by atoms with Gasteiger partial charge in [0.2, 0.25) is 0 Å². The number of likely N-dealkylation sites (N-methyl/N-ethyl adjacent to an activating group) is 1. The molecule has 2 rings (SSSR count). The Bertz CT molecular complexity index is 671. The number of rotatable bonds is 7. The minimum atomic E-state index is -0.529. The second-order valence-electron chi connectivity index (χ2n) is 5.68. The molecule has 0 aliphatic rings. The molecule has 1 atom stereocenters. The smallest absolute Gasteiger partial charge is 0.323 e. The lowest BCUT2D eigenvalue weighted by Gasteiger charge is -2.15. The molecule has 0 unspecified atom stereocenters. The molecule has 1 aromatic carbocycles. The Morgan fingerprint density at radius 2 is 2.12 bits per heavy atom. The van der Waals surface area contributed by atoms with Crippen LogP contribution in [0.3, 0.4) is 0 Å². The molecule has 0 saturated heterocycles. The summed E-state index contributed by atoms with van der Waals surface area (Å²) in [5, 5.41) is 19.4. The summed E-state index contributed by atoms with van der Waals surface area (Å²) in [6.07, 6.45) is 2.68. The van der Waals surface area contributed by atoms with Gasteiger partial charge in [0, 0.05) is 24.5 Å². The Kier molecular flexibility index (Phi) is 6.16. The number of anilines is 2. The molecule has 1 aromatic heterocycles. The summed E-state index contributed by atoms with van der Waals surface area (Å²) in [5.41, 5.74) is 1.17. The first-order valence-electron chi connectivity index (χ1n) is 7.53. The van der Waals surface area contributed by atoms with E-state index in [1.54, 1.807) is 42.3 Å². The van der Waals surface area contributed by atoms with Gasteiger partial charge in [0.05, 0.1) is 31.6 Å². The molecule has 0 spiro atoms. The van der Waals surface area contributed by atoms with Crippen LogP contribution in [0.1, 0.15) is 0 Å². The van der Waals surface area contributed by atoms with E-state index in [0.29, 0.717) is 30.2 Å². The zero-order chi connectivity index (χ0) is 17.5. The maximum Gasteiger partial charge on any atom is 0.323 e. The summed E-state index contributed by atoms with van der Waals surface area (Å²) in [4.78, 5) is 13.9. The number of urea groups is 1. The van der Waals surface area contributed by atoms with E-state index >= 15 is 0 Å². The lowest BCUT2D eigenvalue weighted by molar-refractivity contribution is 0.116. The zero-order valence-electron chi connectivity index (χ0n) is 14.1. The molecule has 0 saturated carbocycles. The van der Waals surface area contributed by atoms with Gasteiger partial charge in [-0.3, -0.25) is 4.68 Å². The fourth-order valence-electron chi connectivity index (χ4n) is 2.22. The number of carbonyl (C=O) groups is 1. The lowest BCUT2D eigenvalue weighted by Crippen LogP contribution is -2.29. The Morgan fingerprint density at radius 3 is 2.83 bits per heavy atom. The van der Waals surface area contributed by atoms with Crippen LogP contribution in [-0.4, -0.2) is 59.7 Å². The van der Waals surface area contributed by atoms with Crippen LogP contribution in [0.2, 0.25) is 0 Å². The molecule has 24 heavy (non-hydrogen) atoms. The largest absolute Gasteiger partial charge is 0.497 e. The number of ether oxygens (including phenoxy) is 1. The number of aliphatic hydroxyl groups is 1. The first kappa shape index (κ1) is 17.8. The van der Waals surface area contributed by atoms with Crippen molar-refractivity contribution in [2.75, 3.05) is 38.4 Å². The normalized spacial score (nSPS) is 12.0. The fraction of sp³-hybridized carbons (Fsp3) is 0.375. The average molecular weight is 333 g/mol. The van der Waals surface area contributed by atoms with Gasteiger partial charge in [-0.05, 0) is 26.2 Å². The number of hydrogen-bond donors (Lipinski definition) is 3. The van der Waals surface area contributed by atoms with Crippen LogP contribution in [0.5, 0.6) is 5.75 Å². The topological polar surface area (TPSA) is 91.7 Å². The highest BCUT2D eigenvalue weighted by molar-refractivity contribution is 5.99. The first-order valence-corrected chi connectivity index (χ1v) is 7.53.